The van der Waals surface area contributed by atoms with Crippen molar-refractivity contribution in [2.45, 2.75) is 48.2 Å². The van der Waals surface area contributed by atoms with Crippen molar-refractivity contribution in [2.75, 3.05) is 19.7 Å². The topological polar surface area (TPSA) is 89.3 Å². The second kappa shape index (κ2) is 10.1. The first-order valence-corrected chi connectivity index (χ1v) is 11.0. The summed E-state index contributed by atoms with van der Waals surface area (Å²) in [6.45, 7) is 2.65. The van der Waals surface area contributed by atoms with Crippen LogP contribution in [0, 0.1) is 11.1 Å². The lowest BCUT2D eigenvalue weighted by Gasteiger charge is -2.44. The Bertz CT molecular complexity index is 682. The van der Waals surface area contributed by atoms with Gasteiger partial charge in [-0.25, -0.2) is 5.21 Å². The predicted octanol–water partition coefficient (Wildman–Crippen LogP) is 2.80. The summed E-state index contributed by atoms with van der Waals surface area (Å²) in [5.41, 5.74) is 0.346. The molecule has 2 aliphatic rings. The highest BCUT2D eigenvalue weighted by Gasteiger charge is 2.38. The second-order valence-corrected chi connectivity index (χ2v) is 9.98. The Morgan fingerprint density at radius 1 is 1.24 bits per heavy atom. The molecule has 1 aromatic rings. The molecule has 2 aliphatic heterocycles. The number of quaternary nitrogens is 1. The Morgan fingerprint density at radius 3 is 2.59 bits per heavy atom. The number of halogens is 3. The van der Waals surface area contributed by atoms with Crippen molar-refractivity contribution in [1.82, 2.24) is 10.2 Å². The van der Waals surface area contributed by atoms with Gasteiger partial charge >= 0.3 is 0 Å². The fourth-order valence-electron chi connectivity index (χ4n) is 4.18. The minimum atomic E-state index is -1.84. The molecule has 3 rings (SSSR count). The number of carbonyl (C=O) groups excluding carboxylic acids is 1. The Morgan fingerprint density at radius 2 is 1.93 bits per heavy atom. The number of ether oxygens (including phenoxy) is 1. The lowest BCUT2D eigenvalue weighted by molar-refractivity contribution is -0.991. The van der Waals surface area contributed by atoms with Gasteiger partial charge in [-0.15, -0.1) is 0 Å². The van der Waals surface area contributed by atoms with Crippen LogP contribution in [0.5, 0.6) is 0 Å². The molecule has 162 valence electrons. The minimum absolute atomic E-state index is 0.0880. The summed E-state index contributed by atoms with van der Waals surface area (Å²) in [7, 11) is 0. The summed E-state index contributed by atoms with van der Waals surface area (Å²) in [6.07, 6.45) is 4.66. The Labute approximate surface area is 185 Å². The van der Waals surface area contributed by atoms with Crippen molar-refractivity contribution in [3.8, 4) is 0 Å². The number of nitrogens with one attached hydrogen (secondary N) is 2. The standard InChI is InChI=1S/C19H26Cl3N3O4/c20-19(21,22)18(23-17(26)13-6-8-15(9-7-13)25(27)28)29-12-14-4-3-11-24-10-2-1-5-16(14)24/h6-9,14,16,18,25,27H,1-5,10-12H2,(H,23,26). The van der Waals surface area contributed by atoms with Crippen LogP contribution in [-0.4, -0.2) is 51.8 Å². The first-order valence-electron chi connectivity index (χ1n) is 9.82. The maximum absolute atomic E-state index is 12.5. The van der Waals surface area contributed by atoms with Crippen molar-refractivity contribution >= 4 is 46.4 Å². The van der Waals surface area contributed by atoms with Gasteiger partial charge in [-0.3, -0.25) is 4.79 Å². The highest BCUT2D eigenvalue weighted by molar-refractivity contribution is 6.68. The molecule has 0 radical (unpaired) electrons. The van der Waals surface area contributed by atoms with E-state index in [1.165, 1.54) is 37.1 Å². The van der Waals surface area contributed by atoms with Crippen molar-refractivity contribution < 1.29 is 20.0 Å². The summed E-state index contributed by atoms with van der Waals surface area (Å²) >= 11 is 18.2. The van der Waals surface area contributed by atoms with Crippen molar-refractivity contribution in [2.24, 2.45) is 5.92 Å². The highest BCUT2D eigenvalue weighted by Crippen LogP contribution is 2.34. The van der Waals surface area contributed by atoms with Gasteiger partial charge in [-0.2, -0.15) is 5.23 Å². The normalized spacial score (nSPS) is 25.1. The van der Waals surface area contributed by atoms with E-state index in [2.05, 4.69) is 10.2 Å². The maximum Gasteiger partial charge on any atom is 0.253 e. The lowest BCUT2D eigenvalue weighted by atomic mass is 9.84. The molecule has 7 nitrogen and oxygen atoms in total. The first kappa shape index (κ1) is 23.0. The van der Waals surface area contributed by atoms with Crippen LogP contribution in [0.2, 0.25) is 0 Å². The summed E-state index contributed by atoms with van der Waals surface area (Å²) < 4.78 is 4.06. The van der Waals surface area contributed by atoms with Gasteiger partial charge in [0.2, 0.25) is 3.79 Å². The maximum atomic E-state index is 12.5. The molecule has 1 amide bonds. The van der Waals surface area contributed by atoms with Gasteiger partial charge in [0.05, 0.1) is 6.61 Å². The molecular formula is C19H26Cl3N3O4. The van der Waals surface area contributed by atoms with E-state index in [4.69, 9.17) is 44.7 Å². The van der Waals surface area contributed by atoms with Gasteiger partial charge in [0.15, 0.2) is 11.9 Å². The van der Waals surface area contributed by atoms with Crippen LogP contribution in [0.4, 0.5) is 5.69 Å². The van der Waals surface area contributed by atoms with E-state index in [0.29, 0.717) is 18.6 Å². The van der Waals surface area contributed by atoms with E-state index in [-0.39, 0.29) is 11.3 Å². The van der Waals surface area contributed by atoms with Crippen molar-refractivity contribution in [1.29, 1.82) is 0 Å². The molecule has 2 heterocycles. The summed E-state index contributed by atoms with van der Waals surface area (Å²) in [5, 5.41) is 21.5. The number of nitrogens with zero attached hydrogens (tertiary/aromatic N) is 1. The number of amides is 1. The highest BCUT2D eigenvalue weighted by atomic mass is 35.6. The SMILES string of the molecule is O=C(NC(OCC1CCCN2CCCCC12)C(Cl)(Cl)Cl)c1ccc([NH+]([O-])O)cc1. The van der Waals surface area contributed by atoms with Crippen LogP contribution >= 0.6 is 34.8 Å². The number of hydrogen-bond acceptors (Lipinski definition) is 5. The molecule has 29 heavy (non-hydrogen) atoms. The fourth-order valence-corrected chi connectivity index (χ4v) is 4.53. The molecule has 0 aromatic heterocycles. The number of hydrogen-bond donors (Lipinski definition) is 3. The summed E-state index contributed by atoms with van der Waals surface area (Å²) in [4.78, 5) is 15.1. The van der Waals surface area contributed by atoms with Crippen molar-refractivity contribution in [3.05, 3.63) is 35.0 Å². The third-order valence-electron chi connectivity index (χ3n) is 5.66. The molecule has 4 unspecified atom stereocenters. The van der Waals surface area contributed by atoms with Gasteiger partial charge in [0, 0.05) is 23.7 Å². The van der Waals surface area contributed by atoms with Crippen LogP contribution in [-0.2, 0) is 4.74 Å². The zero-order chi connectivity index (χ0) is 21.0. The second-order valence-electron chi connectivity index (χ2n) is 7.61. The van der Waals surface area contributed by atoms with E-state index in [1.807, 2.05) is 0 Å². The minimum Gasteiger partial charge on any atom is -0.595 e. The number of carbonyl (C=O) groups is 1. The smallest absolute Gasteiger partial charge is 0.253 e. The van der Waals surface area contributed by atoms with E-state index in [9.17, 15) is 10.0 Å². The van der Waals surface area contributed by atoms with E-state index < -0.39 is 21.2 Å². The monoisotopic (exact) mass is 465 g/mol. The van der Waals surface area contributed by atoms with Crippen LogP contribution in [0.15, 0.2) is 24.3 Å². The zero-order valence-corrected chi connectivity index (χ0v) is 18.2. The average molecular weight is 467 g/mol. The largest absolute Gasteiger partial charge is 0.595 e. The third kappa shape index (κ3) is 6.18. The predicted molar refractivity (Wildman–Crippen MR) is 112 cm³/mol. The van der Waals surface area contributed by atoms with Crippen LogP contribution in [0.1, 0.15) is 42.5 Å². The van der Waals surface area contributed by atoms with Gasteiger partial charge in [0.1, 0.15) is 0 Å². The Kier molecular flexibility index (Phi) is 8.03. The van der Waals surface area contributed by atoms with Crippen LogP contribution in [0.25, 0.3) is 0 Å². The van der Waals surface area contributed by atoms with Crippen LogP contribution in [0.3, 0.4) is 0 Å². The fraction of sp³-hybridized carbons (Fsp3) is 0.632. The van der Waals surface area contributed by atoms with Crippen molar-refractivity contribution in [3.63, 3.8) is 0 Å². The molecule has 10 heteroatoms. The molecular weight excluding hydrogens is 441 g/mol. The molecule has 0 bridgehead atoms. The van der Waals surface area contributed by atoms with Gasteiger partial charge < -0.3 is 20.2 Å². The van der Waals surface area contributed by atoms with Gasteiger partial charge in [-0.1, -0.05) is 41.2 Å². The molecule has 2 saturated heterocycles. The van der Waals surface area contributed by atoms with E-state index in [0.717, 1.165) is 32.4 Å². The molecule has 2 fully saturated rings. The number of benzene rings is 1. The van der Waals surface area contributed by atoms with Gasteiger partial charge in [-0.05, 0) is 56.8 Å². The molecule has 4 atom stereocenters. The number of piperidine rings is 2. The quantitative estimate of drug-likeness (QED) is 0.341. The summed E-state index contributed by atoms with van der Waals surface area (Å²) in [6, 6.07) is 6.00. The molecule has 0 spiro atoms. The Balaban J connectivity index is 1.61. The number of alkyl halides is 3. The van der Waals surface area contributed by atoms with E-state index in [1.54, 1.807) is 0 Å². The lowest BCUT2D eigenvalue weighted by Crippen LogP contribution is -2.99. The van der Waals surface area contributed by atoms with Gasteiger partial charge in [0.25, 0.3) is 5.91 Å². The number of rotatable bonds is 6. The molecule has 0 aliphatic carbocycles. The average Bonchev–Trinajstić information content (AvgIpc) is 2.70. The molecule has 3 N–H and O–H groups in total. The third-order valence-corrected chi connectivity index (χ3v) is 6.25. The molecule has 1 aromatic carbocycles. The zero-order valence-electron chi connectivity index (χ0n) is 16.0. The number of fused-ring (bicyclic) bond motifs is 1. The van der Waals surface area contributed by atoms with Crippen LogP contribution < -0.4 is 10.5 Å². The summed E-state index contributed by atoms with van der Waals surface area (Å²) in [5.74, 6) is -0.160. The van der Waals surface area contributed by atoms with E-state index >= 15 is 0 Å². The Hall–Kier alpha value is -0.640. The first-order chi connectivity index (χ1) is 13.8. The molecule has 0 saturated carbocycles.